The zero-order valence-corrected chi connectivity index (χ0v) is 9.99. The molecule has 0 bridgehead atoms. The third kappa shape index (κ3) is 3.17. The van der Waals surface area contributed by atoms with E-state index in [0.717, 1.165) is 18.6 Å². The average Bonchev–Trinajstić information content (AvgIpc) is 2.81. The van der Waals surface area contributed by atoms with Crippen molar-refractivity contribution in [1.82, 2.24) is 0 Å². The summed E-state index contributed by atoms with van der Waals surface area (Å²) in [6, 6.07) is 4.47. The quantitative estimate of drug-likeness (QED) is 0.872. The van der Waals surface area contributed by atoms with Crippen LogP contribution in [0.4, 0.5) is 4.39 Å². The van der Waals surface area contributed by atoms with E-state index in [1.807, 2.05) is 6.92 Å². The van der Waals surface area contributed by atoms with Gasteiger partial charge in [-0.15, -0.1) is 0 Å². The molecule has 1 aromatic carbocycles. The third-order valence-corrected chi connectivity index (χ3v) is 3.14. The average molecular weight is 239 g/mol. The van der Waals surface area contributed by atoms with Crippen molar-refractivity contribution in [3.63, 3.8) is 0 Å². The van der Waals surface area contributed by atoms with Crippen molar-refractivity contribution in [1.29, 1.82) is 0 Å². The van der Waals surface area contributed by atoms with Gasteiger partial charge in [0.2, 0.25) is 0 Å². The minimum atomic E-state index is -0.247. The molecular formula is C13H18FNO2. The van der Waals surface area contributed by atoms with Crippen molar-refractivity contribution >= 4 is 0 Å². The fourth-order valence-corrected chi connectivity index (χ4v) is 1.99. The number of rotatable bonds is 4. The van der Waals surface area contributed by atoms with Crippen molar-refractivity contribution < 1.29 is 13.9 Å². The van der Waals surface area contributed by atoms with Gasteiger partial charge in [0, 0.05) is 18.6 Å². The fourth-order valence-electron chi connectivity index (χ4n) is 1.99. The molecule has 1 aliphatic rings. The van der Waals surface area contributed by atoms with Crippen molar-refractivity contribution in [2.24, 2.45) is 11.7 Å². The highest BCUT2D eigenvalue weighted by molar-refractivity contribution is 5.32. The standard InChI is InChI=1S/C13H18FNO2/c1-9-6-11(14)2-3-13(9)17-8-12(15)10-4-5-16-7-10/h2-3,6,10,12H,4-5,7-8,15H2,1H3. The zero-order chi connectivity index (χ0) is 12.3. The largest absolute Gasteiger partial charge is 0.492 e. The van der Waals surface area contributed by atoms with Crippen LogP contribution in [0, 0.1) is 18.7 Å². The van der Waals surface area contributed by atoms with E-state index in [4.69, 9.17) is 15.2 Å². The number of hydrogen-bond donors (Lipinski definition) is 1. The van der Waals surface area contributed by atoms with Crippen LogP contribution in [0.25, 0.3) is 0 Å². The molecule has 2 atom stereocenters. The van der Waals surface area contributed by atoms with Gasteiger partial charge in [0.15, 0.2) is 0 Å². The first kappa shape index (κ1) is 12.3. The van der Waals surface area contributed by atoms with Crippen LogP contribution in [-0.2, 0) is 4.74 Å². The predicted molar refractivity (Wildman–Crippen MR) is 63.5 cm³/mol. The molecule has 0 radical (unpaired) electrons. The first-order valence-electron chi connectivity index (χ1n) is 5.89. The number of nitrogens with two attached hydrogens (primary N) is 1. The Kier molecular flexibility index (Phi) is 3.97. The van der Waals surface area contributed by atoms with E-state index in [1.165, 1.54) is 12.1 Å². The lowest BCUT2D eigenvalue weighted by atomic mass is 10.0. The smallest absolute Gasteiger partial charge is 0.123 e. The number of ether oxygens (including phenoxy) is 2. The van der Waals surface area contributed by atoms with Gasteiger partial charge in [-0.3, -0.25) is 0 Å². The molecule has 1 aliphatic heterocycles. The topological polar surface area (TPSA) is 44.5 Å². The molecule has 3 nitrogen and oxygen atoms in total. The minimum Gasteiger partial charge on any atom is -0.492 e. The van der Waals surface area contributed by atoms with E-state index in [2.05, 4.69) is 0 Å². The second kappa shape index (κ2) is 5.47. The molecule has 0 amide bonds. The Morgan fingerprint density at radius 2 is 2.41 bits per heavy atom. The second-order valence-corrected chi connectivity index (χ2v) is 4.51. The molecule has 1 aromatic rings. The van der Waals surface area contributed by atoms with Crippen LogP contribution in [0.15, 0.2) is 18.2 Å². The van der Waals surface area contributed by atoms with Gasteiger partial charge in [-0.2, -0.15) is 0 Å². The minimum absolute atomic E-state index is 0.0260. The molecule has 2 unspecified atom stereocenters. The summed E-state index contributed by atoms with van der Waals surface area (Å²) in [7, 11) is 0. The zero-order valence-electron chi connectivity index (χ0n) is 9.99. The summed E-state index contributed by atoms with van der Waals surface area (Å²) in [5.74, 6) is 0.819. The first-order chi connectivity index (χ1) is 8.16. The first-order valence-corrected chi connectivity index (χ1v) is 5.89. The molecule has 2 rings (SSSR count). The van der Waals surface area contributed by atoms with Crippen LogP contribution in [-0.4, -0.2) is 25.9 Å². The van der Waals surface area contributed by atoms with Gasteiger partial charge in [0.05, 0.1) is 6.61 Å². The molecule has 0 aliphatic carbocycles. The summed E-state index contributed by atoms with van der Waals surface area (Å²) < 4.78 is 23.8. The van der Waals surface area contributed by atoms with Crippen LogP contribution in [0.3, 0.4) is 0 Å². The van der Waals surface area contributed by atoms with E-state index in [1.54, 1.807) is 6.07 Å². The molecule has 17 heavy (non-hydrogen) atoms. The molecular weight excluding hydrogens is 221 g/mol. The van der Waals surface area contributed by atoms with Gasteiger partial charge in [-0.25, -0.2) is 4.39 Å². The molecule has 4 heteroatoms. The molecule has 0 saturated carbocycles. The fraction of sp³-hybridized carbons (Fsp3) is 0.538. The van der Waals surface area contributed by atoms with Crippen LogP contribution in [0.2, 0.25) is 0 Å². The van der Waals surface area contributed by atoms with Gasteiger partial charge in [0.1, 0.15) is 18.2 Å². The van der Waals surface area contributed by atoms with Crippen LogP contribution < -0.4 is 10.5 Å². The highest BCUT2D eigenvalue weighted by atomic mass is 19.1. The Labute approximate surface area is 101 Å². The lowest BCUT2D eigenvalue weighted by Crippen LogP contribution is -2.36. The maximum Gasteiger partial charge on any atom is 0.123 e. The van der Waals surface area contributed by atoms with Crippen LogP contribution in [0.5, 0.6) is 5.75 Å². The van der Waals surface area contributed by atoms with E-state index < -0.39 is 0 Å². The number of aryl methyl sites for hydroxylation is 1. The summed E-state index contributed by atoms with van der Waals surface area (Å²) in [6.45, 7) is 3.77. The predicted octanol–water partition coefficient (Wildman–Crippen LogP) is 1.88. The van der Waals surface area contributed by atoms with Crippen molar-refractivity contribution in [3.05, 3.63) is 29.6 Å². The molecule has 2 N–H and O–H groups in total. The molecule has 1 fully saturated rings. The number of benzene rings is 1. The Morgan fingerprint density at radius 1 is 1.59 bits per heavy atom. The van der Waals surface area contributed by atoms with Gasteiger partial charge in [-0.05, 0) is 37.1 Å². The van der Waals surface area contributed by atoms with Gasteiger partial charge < -0.3 is 15.2 Å². The Morgan fingerprint density at radius 3 is 3.06 bits per heavy atom. The highest BCUT2D eigenvalue weighted by Gasteiger charge is 2.23. The molecule has 1 heterocycles. The van der Waals surface area contributed by atoms with E-state index in [0.29, 0.717) is 24.9 Å². The number of hydrogen-bond acceptors (Lipinski definition) is 3. The van der Waals surface area contributed by atoms with Crippen LogP contribution >= 0.6 is 0 Å². The summed E-state index contributed by atoms with van der Waals surface area (Å²) in [6.07, 6.45) is 0.993. The highest BCUT2D eigenvalue weighted by Crippen LogP contribution is 2.20. The molecule has 94 valence electrons. The van der Waals surface area contributed by atoms with E-state index >= 15 is 0 Å². The normalized spacial score (nSPS) is 21.5. The summed E-state index contributed by atoms with van der Waals surface area (Å²) in [4.78, 5) is 0. The summed E-state index contributed by atoms with van der Waals surface area (Å²) in [5, 5.41) is 0. The summed E-state index contributed by atoms with van der Waals surface area (Å²) in [5.41, 5.74) is 6.82. The molecule has 0 aromatic heterocycles. The SMILES string of the molecule is Cc1cc(F)ccc1OCC(N)C1CCOC1. The third-order valence-electron chi connectivity index (χ3n) is 3.14. The lowest BCUT2D eigenvalue weighted by molar-refractivity contribution is 0.170. The Hall–Kier alpha value is -1.13. The molecule has 1 saturated heterocycles. The van der Waals surface area contributed by atoms with Gasteiger partial charge in [0.25, 0.3) is 0 Å². The lowest BCUT2D eigenvalue weighted by Gasteiger charge is -2.18. The van der Waals surface area contributed by atoms with Gasteiger partial charge in [-0.1, -0.05) is 0 Å². The van der Waals surface area contributed by atoms with E-state index in [-0.39, 0.29) is 11.9 Å². The molecule has 0 spiro atoms. The Balaban J connectivity index is 1.88. The number of halogens is 1. The van der Waals surface area contributed by atoms with Crippen molar-refractivity contribution in [3.8, 4) is 5.75 Å². The maximum atomic E-state index is 12.9. The monoisotopic (exact) mass is 239 g/mol. The van der Waals surface area contributed by atoms with E-state index in [9.17, 15) is 4.39 Å². The van der Waals surface area contributed by atoms with Crippen molar-refractivity contribution in [2.75, 3.05) is 19.8 Å². The van der Waals surface area contributed by atoms with Crippen molar-refractivity contribution in [2.45, 2.75) is 19.4 Å². The second-order valence-electron chi connectivity index (χ2n) is 4.51. The summed E-state index contributed by atoms with van der Waals surface area (Å²) >= 11 is 0. The van der Waals surface area contributed by atoms with Crippen LogP contribution in [0.1, 0.15) is 12.0 Å². The Bertz CT molecular complexity index is 378. The van der Waals surface area contributed by atoms with Gasteiger partial charge >= 0.3 is 0 Å². The maximum absolute atomic E-state index is 12.9.